The molecule has 0 saturated carbocycles. The van der Waals surface area contributed by atoms with Crippen LogP contribution in [0.2, 0.25) is 0 Å². The molecule has 1 aromatic carbocycles. The lowest BCUT2D eigenvalue weighted by Crippen LogP contribution is -2.23. The van der Waals surface area contributed by atoms with E-state index >= 15 is 0 Å². The van der Waals surface area contributed by atoms with Crippen molar-refractivity contribution in [1.29, 1.82) is 0 Å². The van der Waals surface area contributed by atoms with E-state index in [1.165, 1.54) is 0 Å². The summed E-state index contributed by atoms with van der Waals surface area (Å²) >= 11 is 3.44. The minimum atomic E-state index is 0.0454. The van der Waals surface area contributed by atoms with Crippen LogP contribution in [-0.4, -0.2) is 18.2 Å². The highest BCUT2D eigenvalue weighted by Gasteiger charge is 2.05. The summed E-state index contributed by atoms with van der Waals surface area (Å²) in [5.41, 5.74) is 1.98. The van der Waals surface area contributed by atoms with Crippen molar-refractivity contribution in [2.75, 3.05) is 18.0 Å². The summed E-state index contributed by atoms with van der Waals surface area (Å²) in [5, 5.41) is 9.08. The number of benzene rings is 1. The topological polar surface area (TPSA) is 23.5 Å². The third kappa shape index (κ3) is 3.22. The summed E-state index contributed by atoms with van der Waals surface area (Å²) < 4.78 is 0.922. The van der Waals surface area contributed by atoms with Crippen molar-refractivity contribution in [3.63, 3.8) is 0 Å². The van der Waals surface area contributed by atoms with Crippen LogP contribution < -0.4 is 4.90 Å². The largest absolute Gasteiger partial charge is 0.392 e. The van der Waals surface area contributed by atoms with E-state index in [0.29, 0.717) is 0 Å². The van der Waals surface area contributed by atoms with Gasteiger partial charge in [0.25, 0.3) is 0 Å². The minimum Gasteiger partial charge on any atom is -0.392 e. The molecule has 16 heavy (non-hydrogen) atoms. The Bertz CT molecular complexity index is 366. The van der Waals surface area contributed by atoms with Crippen molar-refractivity contribution >= 4 is 21.6 Å². The van der Waals surface area contributed by atoms with Crippen LogP contribution in [0.15, 0.2) is 48.0 Å². The Labute approximate surface area is 105 Å². The third-order valence-electron chi connectivity index (χ3n) is 2.27. The Hall–Kier alpha value is -1.06. The van der Waals surface area contributed by atoms with Crippen molar-refractivity contribution < 1.29 is 5.11 Å². The van der Waals surface area contributed by atoms with Gasteiger partial charge in [-0.2, -0.15) is 0 Å². The van der Waals surface area contributed by atoms with Crippen LogP contribution in [0.25, 0.3) is 0 Å². The third-order valence-corrected chi connectivity index (χ3v) is 3.01. The van der Waals surface area contributed by atoms with Crippen LogP contribution in [0.5, 0.6) is 0 Å². The Kier molecular flexibility index (Phi) is 5.29. The standard InChI is InChI=1S/C13H16BrNO/c1-3-7-15(8-4-2)12-6-5-11(10-16)13(14)9-12/h3-6,9,16H,1-2,7-8,10H2. The van der Waals surface area contributed by atoms with E-state index in [2.05, 4.69) is 34.0 Å². The first kappa shape index (κ1) is 13.0. The number of aliphatic hydroxyl groups excluding tert-OH is 1. The van der Waals surface area contributed by atoms with Crippen LogP contribution in [0.4, 0.5) is 5.69 Å². The maximum absolute atomic E-state index is 9.08. The number of hydrogen-bond acceptors (Lipinski definition) is 2. The molecule has 3 heteroatoms. The lowest BCUT2D eigenvalue weighted by molar-refractivity contribution is 0.281. The number of nitrogens with zero attached hydrogens (tertiary/aromatic N) is 1. The van der Waals surface area contributed by atoms with Crippen molar-refractivity contribution in [1.82, 2.24) is 0 Å². The van der Waals surface area contributed by atoms with Gasteiger partial charge in [-0.15, -0.1) is 13.2 Å². The quantitative estimate of drug-likeness (QED) is 0.810. The molecule has 0 radical (unpaired) electrons. The van der Waals surface area contributed by atoms with E-state index in [9.17, 15) is 0 Å². The number of aliphatic hydroxyl groups is 1. The van der Waals surface area contributed by atoms with E-state index in [1.54, 1.807) is 0 Å². The van der Waals surface area contributed by atoms with Gasteiger partial charge in [0.05, 0.1) is 6.61 Å². The zero-order chi connectivity index (χ0) is 12.0. The van der Waals surface area contributed by atoms with E-state index in [0.717, 1.165) is 28.8 Å². The van der Waals surface area contributed by atoms with Gasteiger partial charge in [0, 0.05) is 23.2 Å². The van der Waals surface area contributed by atoms with Crippen LogP contribution in [0.1, 0.15) is 5.56 Å². The van der Waals surface area contributed by atoms with Crippen LogP contribution in [-0.2, 0) is 6.61 Å². The van der Waals surface area contributed by atoms with Gasteiger partial charge >= 0.3 is 0 Å². The summed E-state index contributed by atoms with van der Waals surface area (Å²) in [4.78, 5) is 2.14. The molecule has 0 aromatic heterocycles. The second-order valence-electron chi connectivity index (χ2n) is 3.42. The van der Waals surface area contributed by atoms with Gasteiger partial charge in [-0.3, -0.25) is 0 Å². The highest BCUT2D eigenvalue weighted by molar-refractivity contribution is 9.10. The zero-order valence-electron chi connectivity index (χ0n) is 9.19. The first-order chi connectivity index (χ1) is 7.72. The summed E-state index contributed by atoms with van der Waals surface area (Å²) in [7, 11) is 0. The molecule has 0 aliphatic carbocycles. The summed E-state index contributed by atoms with van der Waals surface area (Å²) in [6.07, 6.45) is 3.72. The molecule has 0 aliphatic heterocycles. The van der Waals surface area contributed by atoms with Crippen molar-refractivity contribution in [2.45, 2.75) is 6.61 Å². The fraction of sp³-hybridized carbons (Fsp3) is 0.231. The molecule has 0 amide bonds. The van der Waals surface area contributed by atoms with Crippen LogP contribution in [0, 0.1) is 0 Å². The predicted octanol–water partition coefficient (Wildman–Crippen LogP) is 3.12. The Morgan fingerprint density at radius 3 is 2.31 bits per heavy atom. The molecule has 1 N–H and O–H groups in total. The van der Waals surface area contributed by atoms with Crippen LogP contribution >= 0.6 is 15.9 Å². The van der Waals surface area contributed by atoms with Gasteiger partial charge in [0.1, 0.15) is 0 Å². The molecule has 0 heterocycles. The Morgan fingerprint density at radius 1 is 1.25 bits per heavy atom. The molecule has 0 unspecified atom stereocenters. The van der Waals surface area contributed by atoms with E-state index < -0.39 is 0 Å². The van der Waals surface area contributed by atoms with Gasteiger partial charge in [-0.25, -0.2) is 0 Å². The number of halogens is 1. The maximum atomic E-state index is 9.08. The second kappa shape index (κ2) is 6.51. The van der Waals surface area contributed by atoms with Gasteiger partial charge in [-0.05, 0) is 17.7 Å². The summed E-state index contributed by atoms with van der Waals surface area (Å²) in [5.74, 6) is 0. The van der Waals surface area contributed by atoms with E-state index in [1.807, 2.05) is 30.4 Å². The van der Waals surface area contributed by atoms with E-state index in [-0.39, 0.29) is 6.61 Å². The normalized spacial score (nSPS) is 9.88. The first-order valence-corrected chi connectivity index (χ1v) is 5.88. The minimum absolute atomic E-state index is 0.0454. The molecule has 2 nitrogen and oxygen atoms in total. The molecule has 0 atom stereocenters. The summed E-state index contributed by atoms with van der Waals surface area (Å²) in [6.45, 7) is 9.07. The Balaban J connectivity index is 2.95. The molecule has 1 aromatic rings. The fourth-order valence-corrected chi connectivity index (χ4v) is 1.95. The molecule has 1 rings (SSSR count). The number of hydrogen-bond donors (Lipinski definition) is 1. The van der Waals surface area contributed by atoms with Gasteiger partial charge in [0.15, 0.2) is 0 Å². The highest BCUT2D eigenvalue weighted by atomic mass is 79.9. The molecule has 86 valence electrons. The average molecular weight is 282 g/mol. The number of rotatable bonds is 6. The fourth-order valence-electron chi connectivity index (χ4n) is 1.46. The van der Waals surface area contributed by atoms with Crippen molar-refractivity contribution in [2.24, 2.45) is 0 Å². The molecule has 0 bridgehead atoms. The lowest BCUT2D eigenvalue weighted by atomic mass is 10.2. The smallest absolute Gasteiger partial charge is 0.0692 e. The molecule has 0 aliphatic rings. The lowest BCUT2D eigenvalue weighted by Gasteiger charge is -2.22. The average Bonchev–Trinajstić information content (AvgIpc) is 2.28. The second-order valence-corrected chi connectivity index (χ2v) is 4.27. The molecule has 0 spiro atoms. The first-order valence-electron chi connectivity index (χ1n) is 5.09. The highest BCUT2D eigenvalue weighted by Crippen LogP contribution is 2.24. The zero-order valence-corrected chi connectivity index (χ0v) is 10.8. The van der Waals surface area contributed by atoms with Gasteiger partial charge in [-0.1, -0.05) is 34.1 Å². The van der Waals surface area contributed by atoms with Crippen molar-refractivity contribution in [3.8, 4) is 0 Å². The Morgan fingerprint density at radius 2 is 1.88 bits per heavy atom. The van der Waals surface area contributed by atoms with Crippen molar-refractivity contribution in [3.05, 3.63) is 53.5 Å². The maximum Gasteiger partial charge on any atom is 0.0692 e. The number of anilines is 1. The molecule has 0 saturated heterocycles. The van der Waals surface area contributed by atoms with Gasteiger partial charge in [0.2, 0.25) is 0 Å². The SMILES string of the molecule is C=CCN(CC=C)c1ccc(CO)c(Br)c1. The molecule has 0 fully saturated rings. The summed E-state index contributed by atoms with van der Waals surface area (Å²) in [6, 6.07) is 5.90. The van der Waals surface area contributed by atoms with E-state index in [4.69, 9.17) is 5.11 Å². The predicted molar refractivity (Wildman–Crippen MR) is 72.7 cm³/mol. The molecular formula is C13H16BrNO. The van der Waals surface area contributed by atoms with Crippen LogP contribution in [0.3, 0.4) is 0 Å². The molecular weight excluding hydrogens is 266 g/mol. The van der Waals surface area contributed by atoms with Gasteiger partial charge < -0.3 is 10.0 Å². The monoisotopic (exact) mass is 281 g/mol.